The molecule has 5 nitrogen and oxygen atoms in total. The molecule has 22 heavy (non-hydrogen) atoms. The fraction of sp³-hybridized carbons (Fsp3) is 0.375. The summed E-state index contributed by atoms with van der Waals surface area (Å²) in [5.74, 6) is 0.849. The van der Waals surface area contributed by atoms with Crippen LogP contribution < -0.4 is 0 Å². The molecule has 4 rings (SSSR count). The van der Waals surface area contributed by atoms with E-state index < -0.39 is 0 Å². The molecule has 3 aromatic rings. The van der Waals surface area contributed by atoms with Crippen molar-refractivity contribution in [1.29, 1.82) is 0 Å². The lowest BCUT2D eigenvalue weighted by atomic mass is 10.1. The fourth-order valence-corrected chi connectivity index (χ4v) is 3.88. The second-order valence-corrected chi connectivity index (χ2v) is 6.56. The summed E-state index contributed by atoms with van der Waals surface area (Å²) in [7, 11) is 1.97. The van der Waals surface area contributed by atoms with Gasteiger partial charge in [0.05, 0.1) is 18.2 Å². The van der Waals surface area contributed by atoms with Crippen LogP contribution in [-0.2, 0) is 13.6 Å². The molecule has 6 heteroatoms. The quantitative estimate of drug-likeness (QED) is 0.740. The summed E-state index contributed by atoms with van der Waals surface area (Å²) in [5, 5.41) is 7.40. The van der Waals surface area contributed by atoms with Crippen molar-refractivity contribution in [3.05, 3.63) is 47.4 Å². The molecular formula is C16H18N4OS. The topological polar surface area (TPSA) is 47.1 Å². The second-order valence-electron chi connectivity index (χ2n) is 5.70. The Labute approximate surface area is 133 Å². The van der Waals surface area contributed by atoms with Crippen molar-refractivity contribution >= 4 is 11.3 Å². The third-order valence-corrected chi connectivity index (χ3v) is 5.03. The van der Waals surface area contributed by atoms with Crippen LogP contribution in [0.2, 0.25) is 0 Å². The van der Waals surface area contributed by atoms with Crippen LogP contribution in [0.1, 0.15) is 30.1 Å². The van der Waals surface area contributed by atoms with Crippen LogP contribution in [0.25, 0.3) is 10.8 Å². The van der Waals surface area contributed by atoms with Gasteiger partial charge in [0.2, 0.25) is 0 Å². The van der Waals surface area contributed by atoms with Gasteiger partial charge in [0.25, 0.3) is 0 Å². The van der Waals surface area contributed by atoms with Gasteiger partial charge in [-0.05, 0) is 31.5 Å². The summed E-state index contributed by atoms with van der Waals surface area (Å²) >= 11 is 1.64. The number of nitrogens with zero attached hydrogens (tertiary/aromatic N) is 4. The van der Waals surface area contributed by atoms with Crippen molar-refractivity contribution in [2.45, 2.75) is 25.4 Å². The van der Waals surface area contributed by atoms with Crippen LogP contribution in [0.5, 0.6) is 0 Å². The molecule has 0 amide bonds. The maximum absolute atomic E-state index is 5.42. The molecule has 1 aliphatic heterocycles. The monoisotopic (exact) mass is 314 g/mol. The van der Waals surface area contributed by atoms with E-state index in [0.29, 0.717) is 6.04 Å². The summed E-state index contributed by atoms with van der Waals surface area (Å²) in [6, 6.07) is 4.31. The maximum atomic E-state index is 5.42. The van der Waals surface area contributed by atoms with Crippen molar-refractivity contribution in [3.8, 4) is 10.8 Å². The summed E-state index contributed by atoms with van der Waals surface area (Å²) in [4.78, 5) is 7.21. The van der Waals surface area contributed by atoms with Crippen LogP contribution in [0, 0.1) is 0 Å². The van der Waals surface area contributed by atoms with Crippen molar-refractivity contribution in [2.75, 3.05) is 6.54 Å². The summed E-state index contributed by atoms with van der Waals surface area (Å²) in [6.07, 6.45) is 8.22. The normalized spacial score (nSPS) is 19.0. The second kappa shape index (κ2) is 5.70. The highest BCUT2D eigenvalue weighted by atomic mass is 32.1. The molecule has 0 aromatic carbocycles. The van der Waals surface area contributed by atoms with Gasteiger partial charge in [0, 0.05) is 36.8 Å². The molecule has 1 fully saturated rings. The zero-order valence-electron chi connectivity index (χ0n) is 12.5. The summed E-state index contributed by atoms with van der Waals surface area (Å²) in [6.45, 7) is 2.00. The highest BCUT2D eigenvalue weighted by Crippen LogP contribution is 2.33. The van der Waals surface area contributed by atoms with Gasteiger partial charge >= 0.3 is 0 Å². The molecule has 0 N–H and O–H groups in total. The maximum Gasteiger partial charge on any atom is 0.162 e. The number of hydrogen-bond donors (Lipinski definition) is 0. The van der Waals surface area contributed by atoms with E-state index in [-0.39, 0.29) is 0 Å². The number of thiazole rings is 1. The number of aromatic nitrogens is 3. The van der Waals surface area contributed by atoms with E-state index >= 15 is 0 Å². The first-order chi connectivity index (χ1) is 10.8. The molecule has 1 saturated heterocycles. The highest BCUT2D eigenvalue weighted by molar-refractivity contribution is 7.13. The first kappa shape index (κ1) is 13.7. The van der Waals surface area contributed by atoms with Crippen molar-refractivity contribution in [1.82, 2.24) is 19.7 Å². The first-order valence-electron chi connectivity index (χ1n) is 7.50. The Kier molecular flexibility index (Phi) is 3.56. The minimum atomic E-state index is 0.461. The molecule has 0 saturated carbocycles. The van der Waals surface area contributed by atoms with Gasteiger partial charge in [-0.2, -0.15) is 5.10 Å². The molecule has 0 spiro atoms. The predicted molar refractivity (Wildman–Crippen MR) is 85.4 cm³/mol. The Morgan fingerprint density at radius 2 is 2.41 bits per heavy atom. The Morgan fingerprint density at radius 1 is 1.45 bits per heavy atom. The first-order valence-corrected chi connectivity index (χ1v) is 8.38. The molecule has 1 aliphatic rings. The molecule has 4 heterocycles. The van der Waals surface area contributed by atoms with Gasteiger partial charge < -0.3 is 4.42 Å². The number of rotatable bonds is 4. The zero-order chi connectivity index (χ0) is 14.9. The van der Waals surface area contributed by atoms with Crippen LogP contribution >= 0.6 is 11.3 Å². The Hall–Kier alpha value is -1.92. The van der Waals surface area contributed by atoms with Crippen molar-refractivity contribution in [3.63, 3.8) is 0 Å². The van der Waals surface area contributed by atoms with Crippen LogP contribution in [-0.4, -0.2) is 26.2 Å². The fourth-order valence-electron chi connectivity index (χ4n) is 3.11. The third kappa shape index (κ3) is 2.60. The van der Waals surface area contributed by atoms with Crippen molar-refractivity contribution in [2.24, 2.45) is 7.05 Å². The van der Waals surface area contributed by atoms with Gasteiger partial charge in [-0.3, -0.25) is 9.58 Å². The number of hydrogen-bond acceptors (Lipinski definition) is 5. The van der Waals surface area contributed by atoms with Crippen molar-refractivity contribution < 1.29 is 4.42 Å². The average Bonchev–Trinajstić information content (AvgIpc) is 3.26. The molecule has 1 atom stereocenters. The smallest absolute Gasteiger partial charge is 0.162 e. The number of likely N-dealkylation sites (tertiary alicyclic amines) is 1. The van der Waals surface area contributed by atoms with Gasteiger partial charge in [-0.1, -0.05) is 0 Å². The largest absolute Gasteiger partial charge is 0.462 e. The van der Waals surface area contributed by atoms with E-state index in [1.54, 1.807) is 17.6 Å². The third-order valence-electron chi connectivity index (χ3n) is 4.12. The van der Waals surface area contributed by atoms with Gasteiger partial charge in [0.15, 0.2) is 10.8 Å². The Balaban J connectivity index is 1.50. The van der Waals surface area contributed by atoms with E-state index in [2.05, 4.69) is 21.6 Å². The molecule has 3 aromatic heterocycles. The van der Waals surface area contributed by atoms with Crippen LogP contribution in [0.3, 0.4) is 0 Å². The lowest BCUT2D eigenvalue weighted by molar-refractivity contribution is 0.246. The van der Waals surface area contributed by atoms with Gasteiger partial charge in [0.1, 0.15) is 0 Å². The SMILES string of the molecule is Cn1cc([C@H]2CCCN2Cc2csc(-c3ccco3)n2)cn1. The number of furan rings is 1. The van der Waals surface area contributed by atoms with E-state index in [4.69, 9.17) is 9.40 Å². The average molecular weight is 314 g/mol. The molecular weight excluding hydrogens is 296 g/mol. The van der Waals surface area contributed by atoms with E-state index in [1.165, 1.54) is 18.4 Å². The molecule has 114 valence electrons. The van der Waals surface area contributed by atoms with Crippen LogP contribution in [0.15, 0.2) is 40.6 Å². The predicted octanol–water partition coefficient (Wildman–Crippen LogP) is 3.47. The zero-order valence-corrected chi connectivity index (χ0v) is 13.3. The summed E-state index contributed by atoms with van der Waals surface area (Å²) < 4.78 is 7.30. The van der Waals surface area contributed by atoms with Crippen LogP contribution in [0.4, 0.5) is 0 Å². The molecule has 0 bridgehead atoms. The minimum absolute atomic E-state index is 0.461. The Bertz CT molecular complexity index is 746. The highest BCUT2D eigenvalue weighted by Gasteiger charge is 2.27. The van der Waals surface area contributed by atoms with E-state index in [1.807, 2.05) is 30.1 Å². The standard InChI is InChI=1S/C16H18N4OS/c1-19-9-12(8-17-19)14-4-2-6-20(14)10-13-11-22-16(18-13)15-5-3-7-21-15/h3,5,7-9,11,14H,2,4,6,10H2,1H3/t14-/m1/s1. The lowest BCUT2D eigenvalue weighted by Gasteiger charge is -2.22. The van der Waals surface area contributed by atoms with Gasteiger partial charge in [-0.25, -0.2) is 4.98 Å². The molecule has 0 unspecified atom stereocenters. The minimum Gasteiger partial charge on any atom is -0.462 e. The number of aryl methyl sites for hydroxylation is 1. The molecule has 0 aliphatic carbocycles. The summed E-state index contributed by atoms with van der Waals surface area (Å²) in [5.41, 5.74) is 2.42. The van der Waals surface area contributed by atoms with E-state index in [0.717, 1.165) is 29.6 Å². The van der Waals surface area contributed by atoms with E-state index in [9.17, 15) is 0 Å². The lowest BCUT2D eigenvalue weighted by Crippen LogP contribution is -2.22. The van der Waals surface area contributed by atoms with Gasteiger partial charge in [-0.15, -0.1) is 11.3 Å². The Morgan fingerprint density at radius 3 is 3.18 bits per heavy atom. The molecule has 0 radical (unpaired) electrons.